The topological polar surface area (TPSA) is 94.2 Å². The van der Waals surface area contributed by atoms with Crippen molar-refractivity contribution in [2.75, 3.05) is 0 Å². The molecule has 3 aromatic carbocycles. The number of alkyl halides is 2. The third-order valence-corrected chi connectivity index (χ3v) is 4.86. The van der Waals surface area contributed by atoms with Gasteiger partial charge < -0.3 is 15.2 Å². The van der Waals surface area contributed by atoms with Crippen molar-refractivity contribution in [1.82, 2.24) is 15.2 Å². The lowest BCUT2D eigenvalue weighted by molar-refractivity contribution is 0.116. The second-order valence-corrected chi connectivity index (χ2v) is 7.07. The van der Waals surface area contributed by atoms with Gasteiger partial charge in [-0.1, -0.05) is 72.8 Å². The molecule has 0 saturated heterocycles. The van der Waals surface area contributed by atoms with Crippen LogP contribution in [0.3, 0.4) is 0 Å². The molecule has 162 valence electrons. The van der Waals surface area contributed by atoms with Crippen LogP contribution in [0.4, 0.5) is 8.78 Å². The van der Waals surface area contributed by atoms with Gasteiger partial charge in [0.25, 0.3) is 5.89 Å². The van der Waals surface area contributed by atoms with Gasteiger partial charge >= 0.3 is 6.43 Å². The number of hydrazine groups is 1. The SMILES string of the molecule is N/C(=C(/c1ccccc1)N(N)Cc1ccc(-c2nnc(C(F)F)o2)cc1)c1ccccc1. The molecular weight excluding hydrogens is 412 g/mol. The molecule has 6 nitrogen and oxygen atoms in total. The van der Waals surface area contributed by atoms with Crippen LogP contribution in [-0.2, 0) is 6.54 Å². The van der Waals surface area contributed by atoms with E-state index in [0.29, 0.717) is 23.5 Å². The van der Waals surface area contributed by atoms with Crippen molar-refractivity contribution in [1.29, 1.82) is 0 Å². The summed E-state index contributed by atoms with van der Waals surface area (Å²) >= 11 is 0. The van der Waals surface area contributed by atoms with Crippen LogP contribution in [0.25, 0.3) is 22.8 Å². The molecule has 0 atom stereocenters. The van der Waals surface area contributed by atoms with Gasteiger partial charge in [0.2, 0.25) is 5.89 Å². The molecule has 0 spiro atoms. The Morgan fingerprint density at radius 2 is 1.44 bits per heavy atom. The smallest absolute Gasteiger partial charge is 0.314 e. The maximum absolute atomic E-state index is 12.7. The van der Waals surface area contributed by atoms with Crippen LogP contribution in [0, 0.1) is 0 Å². The van der Waals surface area contributed by atoms with E-state index in [-0.39, 0.29) is 5.89 Å². The molecule has 4 N–H and O–H groups in total. The summed E-state index contributed by atoms with van der Waals surface area (Å²) in [5.41, 5.74) is 11.0. The quantitative estimate of drug-likeness (QED) is 0.246. The lowest BCUT2D eigenvalue weighted by atomic mass is 10.0. The summed E-state index contributed by atoms with van der Waals surface area (Å²) in [5, 5.41) is 8.61. The number of hydrogen-bond acceptors (Lipinski definition) is 6. The molecule has 0 bridgehead atoms. The fourth-order valence-corrected chi connectivity index (χ4v) is 3.29. The Balaban J connectivity index is 1.60. The Morgan fingerprint density at radius 1 is 0.844 bits per heavy atom. The maximum atomic E-state index is 12.7. The monoisotopic (exact) mass is 433 g/mol. The van der Waals surface area contributed by atoms with E-state index in [0.717, 1.165) is 16.7 Å². The van der Waals surface area contributed by atoms with Crippen molar-refractivity contribution in [3.63, 3.8) is 0 Å². The van der Waals surface area contributed by atoms with Gasteiger partial charge in [-0.15, -0.1) is 10.2 Å². The molecule has 0 fully saturated rings. The van der Waals surface area contributed by atoms with Crippen LogP contribution in [0.1, 0.15) is 29.0 Å². The second kappa shape index (κ2) is 9.40. The van der Waals surface area contributed by atoms with E-state index < -0.39 is 12.3 Å². The van der Waals surface area contributed by atoms with Crippen LogP contribution in [0.5, 0.6) is 0 Å². The fraction of sp³-hybridized carbons (Fsp3) is 0.0833. The Bertz CT molecular complexity index is 1190. The third-order valence-electron chi connectivity index (χ3n) is 4.86. The normalized spacial score (nSPS) is 12.0. The molecule has 1 heterocycles. The summed E-state index contributed by atoms with van der Waals surface area (Å²) in [4.78, 5) is 0. The van der Waals surface area contributed by atoms with E-state index in [1.807, 2.05) is 72.8 Å². The Labute approximate surface area is 183 Å². The highest BCUT2D eigenvalue weighted by atomic mass is 19.3. The summed E-state index contributed by atoms with van der Waals surface area (Å²) in [7, 11) is 0. The van der Waals surface area contributed by atoms with Crippen molar-refractivity contribution in [2.24, 2.45) is 11.6 Å². The summed E-state index contributed by atoms with van der Waals surface area (Å²) in [5.74, 6) is 5.81. The highest BCUT2D eigenvalue weighted by Crippen LogP contribution is 2.27. The van der Waals surface area contributed by atoms with Gasteiger partial charge in [-0.2, -0.15) is 8.78 Å². The van der Waals surface area contributed by atoms with Crippen molar-refractivity contribution in [3.8, 4) is 11.5 Å². The second-order valence-electron chi connectivity index (χ2n) is 7.07. The van der Waals surface area contributed by atoms with Gasteiger partial charge in [0, 0.05) is 11.1 Å². The molecule has 0 aliphatic rings. The van der Waals surface area contributed by atoms with Crippen LogP contribution >= 0.6 is 0 Å². The first-order chi connectivity index (χ1) is 15.5. The summed E-state index contributed by atoms with van der Waals surface area (Å²) in [6.45, 7) is 0.365. The zero-order chi connectivity index (χ0) is 22.5. The van der Waals surface area contributed by atoms with Crippen LogP contribution in [0.15, 0.2) is 89.3 Å². The predicted octanol–water partition coefficient (Wildman–Crippen LogP) is 4.83. The minimum atomic E-state index is -2.81. The summed E-state index contributed by atoms with van der Waals surface area (Å²) in [6, 6.07) is 26.4. The van der Waals surface area contributed by atoms with Crippen molar-refractivity contribution >= 4 is 11.4 Å². The molecule has 0 unspecified atom stereocenters. The summed E-state index contributed by atoms with van der Waals surface area (Å²) < 4.78 is 30.4. The number of nitrogens with two attached hydrogens (primary N) is 2. The Morgan fingerprint density at radius 3 is 2.00 bits per heavy atom. The van der Waals surface area contributed by atoms with E-state index in [4.69, 9.17) is 16.0 Å². The van der Waals surface area contributed by atoms with Crippen LogP contribution < -0.4 is 11.6 Å². The van der Waals surface area contributed by atoms with E-state index >= 15 is 0 Å². The largest absolute Gasteiger partial charge is 0.415 e. The number of nitrogens with zero attached hydrogens (tertiary/aromatic N) is 3. The predicted molar refractivity (Wildman–Crippen MR) is 118 cm³/mol. The molecule has 1 aromatic heterocycles. The Kier molecular flexibility index (Phi) is 6.23. The average Bonchev–Trinajstić information content (AvgIpc) is 3.32. The minimum absolute atomic E-state index is 0.0367. The first kappa shape index (κ1) is 21.2. The molecule has 4 aromatic rings. The lowest BCUT2D eigenvalue weighted by Gasteiger charge is -2.25. The zero-order valence-corrected chi connectivity index (χ0v) is 17.0. The highest BCUT2D eigenvalue weighted by Gasteiger charge is 2.18. The standard InChI is InChI=1S/C24H21F2N5O/c25-22(26)24-30-29-23(32-24)19-13-11-16(12-14-19)15-31(28)21(18-9-5-2-6-10-18)20(27)17-7-3-1-4-8-17/h1-14,22H,15,27-28H2/b21-20-. The first-order valence-electron chi connectivity index (χ1n) is 9.86. The number of benzene rings is 3. The van der Waals surface area contributed by atoms with E-state index in [1.165, 1.54) is 0 Å². The molecular formula is C24H21F2N5O. The van der Waals surface area contributed by atoms with E-state index in [1.54, 1.807) is 17.1 Å². The fourth-order valence-electron chi connectivity index (χ4n) is 3.29. The molecule has 32 heavy (non-hydrogen) atoms. The van der Waals surface area contributed by atoms with E-state index in [9.17, 15) is 8.78 Å². The molecule has 0 saturated carbocycles. The first-order valence-corrected chi connectivity index (χ1v) is 9.86. The van der Waals surface area contributed by atoms with Gasteiger partial charge in [-0.25, -0.2) is 5.84 Å². The average molecular weight is 433 g/mol. The van der Waals surface area contributed by atoms with Crippen molar-refractivity contribution in [2.45, 2.75) is 13.0 Å². The molecule has 0 radical (unpaired) electrons. The number of rotatable bonds is 7. The molecule has 0 amide bonds. The van der Waals surface area contributed by atoms with Gasteiger partial charge in [0.1, 0.15) is 0 Å². The number of hydrogen-bond donors (Lipinski definition) is 2. The highest BCUT2D eigenvalue weighted by molar-refractivity contribution is 5.88. The molecule has 4 rings (SSSR count). The molecule has 0 aliphatic carbocycles. The van der Waals surface area contributed by atoms with Gasteiger partial charge in [0.15, 0.2) is 0 Å². The van der Waals surface area contributed by atoms with Crippen LogP contribution in [-0.4, -0.2) is 15.2 Å². The zero-order valence-electron chi connectivity index (χ0n) is 17.0. The summed E-state index contributed by atoms with van der Waals surface area (Å²) in [6.07, 6.45) is -2.81. The van der Waals surface area contributed by atoms with Gasteiger partial charge in [-0.05, 0) is 23.3 Å². The number of halogens is 2. The Hall–Kier alpha value is -4.04. The molecule has 0 aliphatic heterocycles. The molecule has 8 heteroatoms. The van der Waals surface area contributed by atoms with Gasteiger partial charge in [-0.3, -0.25) is 0 Å². The lowest BCUT2D eigenvalue weighted by Crippen LogP contribution is -2.30. The van der Waals surface area contributed by atoms with E-state index in [2.05, 4.69) is 10.2 Å². The van der Waals surface area contributed by atoms with Crippen molar-refractivity contribution in [3.05, 3.63) is 108 Å². The third kappa shape index (κ3) is 4.65. The minimum Gasteiger partial charge on any atom is -0.415 e. The van der Waals surface area contributed by atoms with Crippen molar-refractivity contribution < 1.29 is 13.2 Å². The van der Waals surface area contributed by atoms with Crippen LogP contribution in [0.2, 0.25) is 0 Å². The number of aromatic nitrogens is 2. The van der Waals surface area contributed by atoms with Gasteiger partial charge in [0.05, 0.1) is 17.9 Å². The maximum Gasteiger partial charge on any atom is 0.314 e.